The van der Waals surface area contributed by atoms with Crippen molar-refractivity contribution in [1.29, 1.82) is 0 Å². The molecule has 2 rings (SSSR count). The fourth-order valence-electron chi connectivity index (χ4n) is 2.27. The topological polar surface area (TPSA) is 38.7 Å². The lowest BCUT2D eigenvalue weighted by molar-refractivity contribution is 0.00578. The maximum absolute atomic E-state index is 9.70. The van der Waals surface area contributed by atoms with Crippen LogP contribution in [0.1, 0.15) is 38.8 Å². The first-order valence-corrected chi connectivity index (χ1v) is 7.75. The van der Waals surface area contributed by atoms with Crippen LogP contribution in [0.2, 0.25) is 0 Å². The summed E-state index contributed by atoms with van der Waals surface area (Å²) in [6, 6.07) is 5.46. The highest BCUT2D eigenvalue weighted by atomic mass is 32.1. The summed E-state index contributed by atoms with van der Waals surface area (Å²) >= 11 is 4.40. The Kier molecular flexibility index (Phi) is 4.48. The van der Waals surface area contributed by atoms with E-state index in [2.05, 4.69) is 12.6 Å². The summed E-state index contributed by atoms with van der Waals surface area (Å²) in [4.78, 5) is 0. The lowest BCUT2D eigenvalue weighted by Crippen LogP contribution is -2.41. The number of phenolic OH excluding ortho intramolecular Hbond substituents is 1. The molecular formula is C16H23BO3S. The summed E-state index contributed by atoms with van der Waals surface area (Å²) < 4.78 is 12.1. The van der Waals surface area contributed by atoms with Gasteiger partial charge in [0.15, 0.2) is 0 Å². The molecule has 1 N–H and O–H groups in total. The van der Waals surface area contributed by atoms with Crippen molar-refractivity contribution in [2.75, 3.05) is 5.75 Å². The summed E-state index contributed by atoms with van der Waals surface area (Å²) in [7, 11) is -0.407. The zero-order chi connectivity index (χ0) is 15.8. The number of hydrogen-bond donors (Lipinski definition) is 2. The van der Waals surface area contributed by atoms with Crippen molar-refractivity contribution in [3.63, 3.8) is 0 Å². The Morgan fingerprint density at radius 3 is 2.24 bits per heavy atom. The Bertz CT molecular complexity index is 530. The van der Waals surface area contributed by atoms with Gasteiger partial charge in [-0.05, 0) is 63.4 Å². The quantitative estimate of drug-likeness (QED) is 0.661. The molecule has 1 aromatic carbocycles. The van der Waals surface area contributed by atoms with E-state index in [-0.39, 0.29) is 17.0 Å². The minimum atomic E-state index is -0.407. The number of hydrogen-bond acceptors (Lipinski definition) is 4. The van der Waals surface area contributed by atoms with Crippen molar-refractivity contribution >= 4 is 25.8 Å². The standard InChI is InChI=1S/C16H23BO3S/c1-11-6-12(9-14(18)7-11)8-13(10-21)17-19-15(2,3)16(4,5)20-17/h6-9,18,21H,10H2,1-5H3. The average molecular weight is 306 g/mol. The molecule has 0 saturated carbocycles. The molecule has 0 unspecified atom stereocenters. The third kappa shape index (κ3) is 3.47. The number of thiol groups is 1. The Morgan fingerprint density at radius 2 is 1.76 bits per heavy atom. The molecule has 1 aliphatic rings. The van der Waals surface area contributed by atoms with E-state index >= 15 is 0 Å². The number of phenols is 1. The first-order valence-electron chi connectivity index (χ1n) is 7.12. The van der Waals surface area contributed by atoms with Crippen molar-refractivity contribution in [2.45, 2.75) is 45.8 Å². The van der Waals surface area contributed by atoms with E-state index in [4.69, 9.17) is 9.31 Å². The van der Waals surface area contributed by atoms with Crippen molar-refractivity contribution in [1.82, 2.24) is 0 Å². The smallest absolute Gasteiger partial charge is 0.491 e. The molecule has 1 saturated heterocycles. The summed E-state index contributed by atoms with van der Waals surface area (Å²) in [5, 5.41) is 9.70. The summed E-state index contributed by atoms with van der Waals surface area (Å²) in [5.74, 6) is 0.791. The molecule has 0 spiro atoms. The molecule has 1 aliphatic heterocycles. The second-order valence-corrected chi connectivity index (χ2v) is 6.88. The van der Waals surface area contributed by atoms with E-state index in [0.717, 1.165) is 16.6 Å². The summed E-state index contributed by atoms with van der Waals surface area (Å²) in [6.45, 7) is 10.1. The first kappa shape index (κ1) is 16.5. The Hall–Kier alpha value is -0.905. The Morgan fingerprint density at radius 1 is 1.19 bits per heavy atom. The van der Waals surface area contributed by atoms with Crippen LogP contribution in [0.25, 0.3) is 6.08 Å². The highest BCUT2D eigenvalue weighted by Crippen LogP contribution is 2.39. The van der Waals surface area contributed by atoms with Crippen LogP contribution in [0.4, 0.5) is 0 Å². The molecule has 114 valence electrons. The molecule has 1 aromatic rings. The van der Waals surface area contributed by atoms with E-state index in [1.165, 1.54) is 0 Å². The lowest BCUT2D eigenvalue weighted by Gasteiger charge is -2.32. The predicted octanol–water partition coefficient (Wildman–Crippen LogP) is 3.65. The van der Waals surface area contributed by atoms with Crippen molar-refractivity contribution in [2.24, 2.45) is 0 Å². The third-order valence-corrected chi connectivity index (χ3v) is 4.54. The van der Waals surface area contributed by atoms with E-state index in [0.29, 0.717) is 5.75 Å². The van der Waals surface area contributed by atoms with E-state index in [1.54, 1.807) is 12.1 Å². The largest absolute Gasteiger partial charge is 0.508 e. The minimum absolute atomic E-state index is 0.258. The summed E-state index contributed by atoms with van der Waals surface area (Å²) in [6.07, 6.45) is 1.97. The maximum Gasteiger partial charge on any atom is 0.491 e. The van der Waals surface area contributed by atoms with Crippen molar-refractivity contribution < 1.29 is 14.4 Å². The van der Waals surface area contributed by atoms with Gasteiger partial charge < -0.3 is 14.4 Å². The zero-order valence-electron chi connectivity index (χ0n) is 13.3. The van der Waals surface area contributed by atoms with Crippen LogP contribution in [0.5, 0.6) is 5.75 Å². The predicted molar refractivity (Wildman–Crippen MR) is 90.8 cm³/mol. The average Bonchev–Trinajstić information content (AvgIpc) is 2.54. The van der Waals surface area contributed by atoms with E-state index < -0.39 is 7.12 Å². The van der Waals surface area contributed by atoms with Crippen LogP contribution in [0.15, 0.2) is 23.7 Å². The molecule has 0 bridgehead atoms. The Labute approximate surface area is 132 Å². The molecule has 0 atom stereocenters. The van der Waals surface area contributed by atoms with Gasteiger partial charge in [-0.1, -0.05) is 12.1 Å². The van der Waals surface area contributed by atoms with Gasteiger partial charge in [0.2, 0.25) is 0 Å². The minimum Gasteiger partial charge on any atom is -0.508 e. The molecule has 5 heteroatoms. The Balaban J connectivity index is 2.30. The number of aromatic hydroxyl groups is 1. The molecule has 0 aliphatic carbocycles. The van der Waals surface area contributed by atoms with Gasteiger partial charge in [-0.2, -0.15) is 12.6 Å². The molecule has 1 heterocycles. The van der Waals surface area contributed by atoms with Crippen molar-refractivity contribution in [3.8, 4) is 5.75 Å². The number of rotatable bonds is 3. The molecule has 3 nitrogen and oxygen atoms in total. The molecular weight excluding hydrogens is 283 g/mol. The van der Waals surface area contributed by atoms with Gasteiger partial charge in [-0.3, -0.25) is 0 Å². The van der Waals surface area contributed by atoms with Crippen LogP contribution >= 0.6 is 12.6 Å². The van der Waals surface area contributed by atoms with Crippen LogP contribution in [0.3, 0.4) is 0 Å². The fraction of sp³-hybridized carbons (Fsp3) is 0.500. The first-order chi connectivity index (χ1) is 9.64. The van der Waals surface area contributed by atoms with Crippen LogP contribution in [-0.4, -0.2) is 29.2 Å². The SMILES string of the molecule is Cc1cc(O)cc(C=C(CS)B2OC(C)(C)C(C)(C)O2)c1. The number of benzene rings is 1. The molecule has 0 aromatic heterocycles. The van der Waals surface area contributed by atoms with Gasteiger partial charge >= 0.3 is 7.12 Å². The van der Waals surface area contributed by atoms with Crippen LogP contribution in [-0.2, 0) is 9.31 Å². The fourth-order valence-corrected chi connectivity index (χ4v) is 2.51. The van der Waals surface area contributed by atoms with Gasteiger partial charge in [0.1, 0.15) is 5.75 Å². The maximum atomic E-state index is 9.70. The summed E-state index contributed by atoms with van der Waals surface area (Å²) in [5.41, 5.74) is 2.14. The monoisotopic (exact) mass is 306 g/mol. The van der Waals surface area contributed by atoms with Crippen LogP contribution in [0, 0.1) is 6.92 Å². The highest BCUT2D eigenvalue weighted by Gasteiger charge is 2.52. The van der Waals surface area contributed by atoms with Gasteiger partial charge in [-0.25, -0.2) is 0 Å². The molecule has 0 radical (unpaired) electrons. The second kappa shape index (κ2) is 5.71. The van der Waals surface area contributed by atoms with E-state index in [1.807, 2.05) is 46.8 Å². The third-order valence-electron chi connectivity index (χ3n) is 4.18. The highest BCUT2D eigenvalue weighted by molar-refractivity contribution is 7.80. The van der Waals surface area contributed by atoms with E-state index in [9.17, 15) is 5.11 Å². The van der Waals surface area contributed by atoms with Crippen molar-refractivity contribution in [3.05, 3.63) is 34.8 Å². The molecule has 0 amide bonds. The molecule has 21 heavy (non-hydrogen) atoms. The van der Waals surface area contributed by atoms with Crippen LogP contribution < -0.4 is 0 Å². The zero-order valence-corrected chi connectivity index (χ0v) is 14.2. The van der Waals surface area contributed by atoms with Gasteiger partial charge in [-0.15, -0.1) is 0 Å². The number of aryl methyl sites for hydroxylation is 1. The second-order valence-electron chi connectivity index (χ2n) is 6.57. The van der Waals surface area contributed by atoms with Gasteiger partial charge in [0, 0.05) is 5.75 Å². The van der Waals surface area contributed by atoms with Gasteiger partial charge in [0.05, 0.1) is 11.2 Å². The molecule has 1 fully saturated rings. The van der Waals surface area contributed by atoms with Gasteiger partial charge in [0.25, 0.3) is 0 Å². The normalized spacial score (nSPS) is 20.9. The lowest BCUT2D eigenvalue weighted by atomic mass is 9.78.